The Labute approximate surface area is 289 Å². The lowest BCUT2D eigenvalue weighted by molar-refractivity contribution is 0.127. The van der Waals surface area contributed by atoms with E-state index < -0.39 is 0 Å². The fourth-order valence-electron chi connectivity index (χ4n) is 7.50. The first-order chi connectivity index (χ1) is 24.3. The summed E-state index contributed by atoms with van der Waals surface area (Å²) in [6, 6.07) is 51.3. The molecule has 244 valence electrons. The number of nitrogens with zero attached hydrogens (tertiary/aromatic N) is 2. The highest BCUT2D eigenvalue weighted by Gasteiger charge is 2.14. The smallest absolute Gasteiger partial charge is 0.0541 e. The molecule has 0 amide bonds. The minimum absolute atomic E-state index is 0.905. The molecule has 2 heterocycles. The molecular weight excluding hydrogens is 597 g/mol. The van der Waals surface area contributed by atoms with Crippen molar-refractivity contribution < 1.29 is 4.74 Å². The van der Waals surface area contributed by atoms with E-state index in [4.69, 9.17) is 4.74 Å². The van der Waals surface area contributed by atoms with Crippen molar-refractivity contribution in [1.29, 1.82) is 0 Å². The van der Waals surface area contributed by atoms with Crippen LogP contribution in [0, 0.1) is 0 Å². The number of unbranched alkanes of at least 4 members (excludes halogenated alkanes) is 4. The molecule has 0 radical (unpaired) electrons. The summed E-state index contributed by atoms with van der Waals surface area (Å²) in [5.41, 5.74) is 11.2. The van der Waals surface area contributed by atoms with E-state index in [2.05, 4.69) is 156 Å². The summed E-state index contributed by atoms with van der Waals surface area (Å²) in [6.45, 7) is 4.03. The molecule has 2 aromatic heterocycles. The van der Waals surface area contributed by atoms with Gasteiger partial charge in [-0.1, -0.05) is 111 Å². The highest BCUT2D eigenvalue weighted by Crippen LogP contribution is 2.35. The van der Waals surface area contributed by atoms with Gasteiger partial charge in [-0.2, -0.15) is 0 Å². The summed E-state index contributed by atoms with van der Waals surface area (Å²) in [6.07, 6.45) is 8.39. The Hall–Kier alpha value is -5.12. The number of aryl methyl sites for hydroxylation is 1. The van der Waals surface area contributed by atoms with Gasteiger partial charge in [0.2, 0.25) is 0 Å². The molecule has 8 rings (SSSR count). The number of rotatable bonds is 13. The Bertz CT molecular complexity index is 2290. The number of aromatic nitrogens is 2. The Morgan fingerprint density at radius 2 is 0.898 bits per heavy atom. The van der Waals surface area contributed by atoms with Crippen LogP contribution in [0.5, 0.6) is 0 Å². The first kappa shape index (κ1) is 31.2. The molecular formula is C46H44N2O. The lowest BCUT2D eigenvalue weighted by Gasteiger charge is -2.11. The molecule has 0 saturated carbocycles. The summed E-state index contributed by atoms with van der Waals surface area (Å²) < 4.78 is 10.5. The molecule has 6 aromatic carbocycles. The maximum Gasteiger partial charge on any atom is 0.0541 e. The van der Waals surface area contributed by atoms with Crippen molar-refractivity contribution in [3.05, 3.63) is 145 Å². The molecule has 0 bridgehead atoms. The van der Waals surface area contributed by atoms with Crippen molar-refractivity contribution >= 4 is 43.6 Å². The van der Waals surface area contributed by atoms with Crippen molar-refractivity contribution in [3.63, 3.8) is 0 Å². The van der Waals surface area contributed by atoms with Gasteiger partial charge in [0.05, 0.1) is 22.1 Å². The van der Waals surface area contributed by atoms with Gasteiger partial charge in [-0.15, -0.1) is 0 Å². The normalized spacial score (nSPS) is 11.8. The van der Waals surface area contributed by atoms with Crippen molar-refractivity contribution in [2.24, 2.45) is 0 Å². The quantitative estimate of drug-likeness (QED) is 0.115. The SMILES string of the molecule is CCCCOCCCCCCc1ccc2c(c1)c1ccccc1n2-c1ccc(-c2ccc(-n3c4ccccc4c4ccccc43)cc2)cc1. The van der Waals surface area contributed by atoms with Gasteiger partial charge >= 0.3 is 0 Å². The van der Waals surface area contributed by atoms with Gasteiger partial charge < -0.3 is 13.9 Å². The third kappa shape index (κ3) is 6.16. The molecule has 3 heteroatoms. The maximum absolute atomic E-state index is 5.73. The van der Waals surface area contributed by atoms with E-state index in [1.807, 2.05) is 0 Å². The van der Waals surface area contributed by atoms with Gasteiger partial charge in [0, 0.05) is 46.1 Å². The summed E-state index contributed by atoms with van der Waals surface area (Å²) in [7, 11) is 0. The molecule has 0 atom stereocenters. The van der Waals surface area contributed by atoms with E-state index in [0.29, 0.717) is 0 Å². The van der Waals surface area contributed by atoms with E-state index in [1.165, 1.54) is 110 Å². The predicted molar refractivity (Wildman–Crippen MR) is 208 cm³/mol. The lowest BCUT2D eigenvalue weighted by Crippen LogP contribution is -1.96. The molecule has 0 saturated heterocycles. The van der Waals surface area contributed by atoms with Crippen molar-refractivity contribution in [1.82, 2.24) is 9.13 Å². The monoisotopic (exact) mass is 640 g/mol. The van der Waals surface area contributed by atoms with Crippen molar-refractivity contribution in [2.75, 3.05) is 13.2 Å². The van der Waals surface area contributed by atoms with Crippen LogP contribution >= 0.6 is 0 Å². The van der Waals surface area contributed by atoms with Gasteiger partial charge in [-0.05, 0) is 97.0 Å². The third-order valence-corrected chi connectivity index (χ3v) is 10.0. The second kappa shape index (κ2) is 14.2. The van der Waals surface area contributed by atoms with Crippen LogP contribution in [0.4, 0.5) is 0 Å². The Morgan fingerprint density at radius 3 is 1.45 bits per heavy atom. The summed E-state index contributed by atoms with van der Waals surface area (Å²) in [4.78, 5) is 0. The van der Waals surface area contributed by atoms with Crippen molar-refractivity contribution in [2.45, 2.75) is 51.9 Å². The third-order valence-electron chi connectivity index (χ3n) is 10.0. The van der Waals surface area contributed by atoms with E-state index in [0.717, 1.165) is 19.6 Å². The minimum atomic E-state index is 0.905. The van der Waals surface area contributed by atoms with Gasteiger partial charge in [0.15, 0.2) is 0 Å². The highest BCUT2D eigenvalue weighted by atomic mass is 16.5. The van der Waals surface area contributed by atoms with E-state index in [-0.39, 0.29) is 0 Å². The predicted octanol–water partition coefficient (Wildman–Crippen LogP) is 12.5. The molecule has 0 N–H and O–H groups in total. The number of hydrogen-bond donors (Lipinski definition) is 0. The molecule has 3 nitrogen and oxygen atoms in total. The Morgan fingerprint density at radius 1 is 0.429 bits per heavy atom. The van der Waals surface area contributed by atoms with Crippen LogP contribution in [-0.4, -0.2) is 22.3 Å². The van der Waals surface area contributed by atoms with Crippen LogP contribution in [0.1, 0.15) is 51.0 Å². The molecule has 0 fully saturated rings. The lowest BCUT2D eigenvalue weighted by atomic mass is 10.0. The zero-order valence-electron chi connectivity index (χ0n) is 28.4. The molecule has 0 aliphatic rings. The van der Waals surface area contributed by atoms with Gasteiger partial charge in [-0.25, -0.2) is 0 Å². The number of hydrogen-bond acceptors (Lipinski definition) is 1. The Balaban J connectivity index is 1.02. The number of fused-ring (bicyclic) bond motifs is 6. The summed E-state index contributed by atoms with van der Waals surface area (Å²) in [5, 5.41) is 5.22. The average Bonchev–Trinajstić information content (AvgIpc) is 3.67. The van der Waals surface area contributed by atoms with Gasteiger partial charge in [-0.3, -0.25) is 0 Å². The maximum atomic E-state index is 5.73. The first-order valence-corrected chi connectivity index (χ1v) is 18.1. The highest BCUT2D eigenvalue weighted by molar-refractivity contribution is 6.10. The molecule has 0 spiro atoms. The van der Waals surface area contributed by atoms with Crippen LogP contribution in [0.3, 0.4) is 0 Å². The summed E-state index contributed by atoms with van der Waals surface area (Å²) >= 11 is 0. The molecule has 49 heavy (non-hydrogen) atoms. The topological polar surface area (TPSA) is 19.1 Å². The molecule has 0 aliphatic heterocycles. The van der Waals surface area contributed by atoms with E-state index in [1.54, 1.807) is 0 Å². The average molecular weight is 641 g/mol. The van der Waals surface area contributed by atoms with Gasteiger partial charge in [0.1, 0.15) is 0 Å². The van der Waals surface area contributed by atoms with Gasteiger partial charge in [0.25, 0.3) is 0 Å². The molecule has 0 unspecified atom stereocenters. The largest absolute Gasteiger partial charge is 0.381 e. The molecule has 8 aromatic rings. The number of ether oxygens (including phenoxy) is 1. The second-order valence-electron chi connectivity index (χ2n) is 13.3. The van der Waals surface area contributed by atoms with Crippen LogP contribution < -0.4 is 0 Å². The fraction of sp³-hybridized carbons (Fsp3) is 0.217. The first-order valence-electron chi connectivity index (χ1n) is 18.1. The van der Waals surface area contributed by atoms with E-state index in [9.17, 15) is 0 Å². The standard InChI is InChI=1S/C46H44N2O/c1-2-3-31-49-32-13-5-4-6-14-34-21-30-46-42(33-34)41-17-9-12-20-45(41)48(46)38-28-24-36(25-29-38)35-22-26-37(27-23-35)47-43-18-10-7-15-39(43)40-16-8-11-19-44(40)47/h7-12,15-30,33H,2-6,13-14,31-32H2,1H3. The second-order valence-corrected chi connectivity index (χ2v) is 13.3. The number of benzene rings is 6. The van der Waals surface area contributed by atoms with E-state index >= 15 is 0 Å². The van der Waals surface area contributed by atoms with Crippen LogP contribution in [0.25, 0.3) is 66.1 Å². The Kier molecular flexibility index (Phi) is 9.01. The fourth-order valence-corrected chi connectivity index (χ4v) is 7.50. The molecule has 0 aliphatic carbocycles. The van der Waals surface area contributed by atoms with Crippen LogP contribution in [0.2, 0.25) is 0 Å². The zero-order valence-corrected chi connectivity index (χ0v) is 28.4. The zero-order chi connectivity index (χ0) is 33.0. The minimum Gasteiger partial charge on any atom is -0.381 e. The number of para-hydroxylation sites is 3. The van der Waals surface area contributed by atoms with Crippen LogP contribution in [0.15, 0.2) is 140 Å². The summed E-state index contributed by atoms with van der Waals surface area (Å²) in [5.74, 6) is 0. The van der Waals surface area contributed by atoms with Crippen LogP contribution in [-0.2, 0) is 11.2 Å². The van der Waals surface area contributed by atoms with Crippen molar-refractivity contribution in [3.8, 4) is 22.5 Å².